The first kappa shape index (κ1) is 37.4. The Balaban J connectivity index is -0.00000240. The molecule has 2 aromatic rings. The second kappa shape index (κ2) is 16.5. The van der Waals surface area contributed by atoms with Crippen LogP contribution in [0.15, 0.2) is 30.5 Å². The molecule has 0 unspecified atom stereocenters. The molecule has 0 aliphatic carbocycles. The summed E-state index contributed by atoms with van der Waals surface area (Å²) in [6.07, 6.45) is -1.86. The topological polar surface area (TPSA) is 120 Å². The van der Waals surface area contributed by atoms with Gasteiger partial charge in [0.05, 0.1) is 55.7 Å². The van der Waals surface area contributed by atoms with Crippen molar-refractivity contribution < 1.29 is 22.4 Å². The lowest BCUT2D eigenvalue weighted by molar-refractivity contribution is -0.907. The molecule has 34 heavy (non-hydrogen) atoms. The molecule has 0 radical (unpaired) electrons. The molecular formula is C20H34Cl4F3N6O+. The summed E-state index contributed by atoms with van der Waals surface area (Å²) >= 11 is 0. The molecule has 0 bridgehead atoms. The number of hydrogen-bond acceptors (Lipinski definition) is 5. The number of rotatable bonds is 10. The Kier molecular flexibility index (Phi) is 18.2. The number of carbonyl (C=O) groups excluding carboxylic acids is 1. The minimum atomic E-state index is -4.45. The van der Waals surface area contributed by atoms with Crippen LogP contribution in [0.4, 0.5) is 18.9 Å². The number of anilines is 1. The van der Waals surface area contributed by atoms with Crippen LogP contribution in [0.25, 0.3) is 10.9 Å². The lowest BCUT2D eigenvalue weighted by atomic mass is 10.1. The largest absolute Gasteiger partial charge is 0.416 e. The normalized spacial score (nSPS) is 11.9. The van der Waals surface area contributed by atoms with Gasteiger partial charge in [0, 0.05) is 18.5 Å². The van der Waals surface area contributed by atoms with E-state index in [9.17, 15) is 18.0 Å². The maximum Gasteiger partial charge on any atom is 0.416 e. The van der Waals surface area contributed by atoms with E-state index in [-0.39, 0.29) is 55.0 Å². The van der Waals surface area contributed by atoms with Crippen LogP contribution in [-0.2, 0) is 11.0 Å². The monoisotopic (exact) mass is 571 g/mol. The van der Waals surface area contributed by atoms with Crippen molar-refractivity contribution in [3.63, 3.8) is 0 Å². The van der Waals surface area contributed by atoms with Crippen molar-refractivity contribution in [1.82, 2.24) is 4.98 Å². The standard InChI is InChI=1S/C20H29F3N6O.4ClH/c1-29(9-6-24,10-7-25)8-2-3-17(26)19(30)28-16-12-14-11-15(20(21,22)23)4-5-18(14)27-13-16;;;;/h4-5,11-13,17H,2-3,6-10,24-26H2,1H3;4*1H/p+1/t17-;;;;/m0..../s1. The van der Waals surface area contributed by atoms with Gasteiger partial charge in [-0.1, -0.05) is 0 Å². The van der Waals surface area contributed by atoms with Gasteiger partial charge in [0.25, 0.3) is 0 Å². The van der Waals surface area contributed by atoms with Gasteiger partial charge >= 0.3 is 6.18 Å². The van der Waals surface area contributed by atoms with Crippen molar-refractivity contribution in [3.8, 4) is 0 Å². The molecule has 14 heteroatoms. The van der Waals surface area contributed by atoms with E-state index in [1.54, 1.807) is 0 Å². The van der Waals surface area contributed by atoms with E-state index >= 15 is 0 Å². The molecule has 0 saturated heterocycles. The van der Waals surface area contributed by atoms with Gasteiger partial charge in [-0.15, -0.1) is 49.6 Å². The Bertz CT molecular complexity index is 870. The van der Waals surface area contributed by atoms with Crippen molar-refractivity contribution >= 4 is 72.1 Å². The van der Waals surface area contributed by atoms with E-state index in [1.807, 2.05) is 0 Å². The van der Waals surface area contributed by atoms with Gasteiger partial charge in [0.2, 0.25) is 5.91 Å². The SMILES string of the molecule is C[N+](CCN)(CCN)CCC[C@H](N)C(=O)Nc1cnc2ccc(C(F)(F)F)cc2c1.Cl.Cl.Cl.Cl. The number of amides is 1. The lowest BCUT2D eigenvalue weighted by Crippen LogP contribution is -2.51. The molecule has 1 aromatic carbocycles. The second-order valence-electron chi connectivity index (χ2n) is 7.73. The van der Waals surface area contributed by atoms with Gasteiger partial charge in [0.1, 0.15) is 0 Å². The van der Waals surface area contributed by atoms with E-state index < -0.39 is 23.7 Å². The summed E-state index contributed by atoms with van der Waals surface area (Å²) in [5.74, 6) is -0.407. The molecule has 0 aliphatic heterocycles. The van der Waals surface area contributed by atoms with Crippen LogP contribution in [-0.4, -0.2) is 61.2 Å². The summed E-state index contributed by atoms with van der Waals surface area (Å²) in [4.78, 5) is 16.5. The molecule has 7 nitrogen and oxygen atoms in total. The first-order valence-electron chi connectivity index (χ1n) is 9.85. The number of benzene rings is 1. The Morgan fingerprint density at radius 2 is 1.65 bits per heavy atom. The molecule has 0 spiro atoms. The zero-order valence-electron chi connectivity index (χ0n) is 18.7. The molecule has 0 saturated carbocycles. The third-order valence-electron chi connectivity index (χ3n) is 5.16. The van der Waals surface area contributed by atoms with Gasteiger partial charge in [-0.2, -0.15) is 13.2 Å². The highest BCUT2D eigenvalue weighted by Crippen LogP contribution is 2.31. The highest BCUT2D eigenvalue weighted by atomic mass is 35.5. The number of aromatic nitrogens is 1. The summed E-state index contributed by atoms with van der Waals surface area (Å²) in [5, 5.41) is 2.92. The van der Waals surface area contributed by atoms with Gasteiger partial charge in [-0.05, 0) is 37.1 Å². The molecule has 0 aliphatic rings. The average molecular weight is 573 g/mol. The smallest absolute Gasteiger partial charge is 0.326 e. The van der Waals surface area contributed by atoms with Crippen LogP contribution in [0.1, 0.15) is 18.4 Å². The molecule has 198 valence electrons. The maximum absolute atomic E-state index is 12.9. The number of nitrogens with one attached hydrogen (secondary N) is 1. The molecular weight excluding hydrogens is 539 g/mol. The highest BCUT2D eigenvalue weighted by Gasteiger charge is 2.30. The number of carbonyl (C=O) groups is 1. The van der Waals surface area contributed by atoms with E-state index in [0.29, 0.717) is 30.7 Å². The van der Waals surface area contributed by atoms with Crippen LogP contribution in [0.3, 0.4) is 0 Å². The minimum Gasteiger partial charge on any atom is -0.326 e. The molecule has 1 heterocycles. The molecule has 2 rings (SSSR count). The zero-order chi connectivity index (χ0) is 22.4. The van der Waals surface area contributed by atoms with E-state index in [1.165, 1.54) is 18.3 Å². The summed E-state index contributed by atoms with van der Waals surface area (Å²) in [7, 11) is 2.07. The number of nitrogens with zero attached hydrogens (tertiary/aromatic N) is 2. The Labute approximate surface area is 222 Å². The maximum atomic E-state index is 12.9. The fraction of sp³-hybridized carbons (Fsp3) is 0.500. The molecule has 1 atom stereocenters. The summed E-state index contributed by atoms with van der Waals surface area (Å²) < 4.78 is 39.4. The summed E-state index contributed by atoms with van der Waals surface area (Å²) in [5.41, 5.74) is 17.3. The van der Waals surface area contributed by atoms with Gasteiger partial charge in [-0.3, -0.25) is 9.78 Å². The second-order valence-corrected chi connectivity index (χ2v) is 7.73. The van der Waals surface area contributed by atoms with Crippen LogP contribution >= 0.6 is 49.6 Å². The third-order valence-corrected chi connectivity index (χ3v) is 5.16. The van der Waals surface area contributed by atoms with Gasteiger partial charge in [0.15, 0.2) is 0 Å². The van der Waals surface area contributed by atoms with Crippen LogP contribution in [0.5, 0.6) is 0 Å². The lowest BCUT2D eigenvalue weighted by Gasteiger charge is -2.34. The number of quaternary nitrogens is 1. The van der Waals surface area contributed by atoms with Crippen molar-refractivity contribution in [2.45, 2.75) is 25.1 Å². The van der Waals surface area contributed by atoms with E-state index in [4.69, 9.17) is 17.2 Å². The van der Waals surface area contributed by atoms with Crippen molar-refractivity contribution in [2.24, 2.45) is 17.2 Å². The molecule has 0 fully saturated rings. The Hall–Kier alpha value is -1.11. The summed E-state index contributed by atoms with van der Waals surface area (Å²) in [6.45, 7) is 3.48. The third kappa shape index (κ3) is 11.1. The van der Waals surface area contributed by atoms with Crippen molar-refractivity contribution in [1.29, 1.82) is 0 Å². The molecule has 1 amide bonds. The van der Waals surface area contributed by atoms with E-state index in [0.717, 1.165) is 42.7 Å². The number of likely N-dealkylation sites (N-methyl/N-ethyl adjacent to an activating group) is 1. The predicted molar refractivity (Wildman–Crippen MR) is 140 cm³/mol. The minimum absolute atomic E-state index is 0. The first-order chi connectivity index (χ1) is 14.1. The van der Waals surface area contributed by atoms with Gasteiger partial charge < -0.3 is 27.0 Å². The van der Waals surface area contributed by atoms with Crippen LogP contribution in [0.2, 0.25) is 0 Å². The number of pyridine rings is 1. The average Bonchev–Trinajstić information content (AvgIpc) is 2.67. The fourth-order valence-electron chi connectivity index (χ4n) is 3.39. The van der Waals surface area contributed by atoms with Crippen LogP contribution in [0, 0.1) is 0 Å². The highest BCUT2D eigenvalue weighted by molar-refractivity contribution is 5.96. The number of halogens is 7. The Morgan fingerprint density at radius 1 is 1.06 bits per heavy atom. The quantitative estimate of drug-likeness (QED) is 0.325. The van der Waals surface area contributed by atoms with Crippen molar-refractivity contribution in [2.75, 3.05) is 45.1 Å². The number of fused-ring (bicyclic) bond motifs is 1. The summed E-state index contributed by atoms with van der Waals surface area (Å²) in [6, 6.07) is 3.99. The van der Waals surface area contributed by atoms with Gasteiger partial charge in [-0.25, -0.2) is 0 Å². The first-order valence-corrected chi connectivity index (χ1v) is 9.85. The zero-order valence-corrected chi connectivity index (χ0v) is 22.0. The number of nitrogens with two attached hydrogens (primary N) is 3. The number of alkyl halides is 3. The van der Waals surface area contributed by atoms with Crippen molar-refractivity contribution in [3.05, 3.63) is 36.0 Å². The predicted octanol–water partition coefficient (Wildman–Crippen LogP) is 3.35. The van der Waals surface area contributed by atoms with E-state index in [2.05, 4.69) is 17.3 Å². The Morgan fingerprint density at radius 3 is 2.18 bits per heavy atom. The fourth-order valence-corrected chi connectivity index (χ4v) is 3.39. The van der Waals surface area contributed by atoms with Crippen LogP contribution < -0.4 is 22.5 Å². The molecule has 1 aromatic heterocycles. The number of hydrogen-bond donors (Lipinski definition) is 4. The molecule has 7 N–H and O–H groups in total.